The van der Waals surface area contributed by atoms with E-state index in [9.17, 15) is 14.4 Å². The van der Waals surface area contributed by atoms with Gasteiger partial charge in [-0.3, -0.25) is 18.9 Å². The van der Waals surface area contributed by atoms with Crippen LogP contribution in [0.3, 0.4) is 0 Å². The molecule has 0 N–H and O–H groups in total. The van der Waals surface area contributed by atoms with Gasteiger partial charge in [-0.15, -0.1) is 0 Å². The number of amides is 2. The fourth-order valence-corrected chi connectivity index (χ4v) is 5.75. The molecule has 1 aromatic carbocycles. The highest BCUT2D eigenvalue weighted by atomic mass is 32.2. The van der Waals surface area contributed by atoms with E-state index in [1.54, 1.807) is 35.1 Å². The van der Waals surface area contributed by atoms with E-state index >= 15 is 0 Å². The van der Waals surface area contributed by atoms with E-state index in [1.807, 2.05) is 48.2 Å². The summed E-state index contributed by atoms with van der Waals surface area (Å²) in [6.07, 6.45) is 2.94. The smallest absolute Gasteiger partial charge is 0.409 e. The van der Waals surface area contributed by atoms with Gasteiger partial charge in [0.1, 0.15) is 15.8 Å². The van der Waals surface area contributed by atoms with Gasteiger partial charge in [0.05, 0.1) is 23.6 Å². The van der Waals surface area contributed by atoms with Gasteiger partial charge in [-0.2, -0.15) is 0 Å². The molecule has 0 spiro atoms. The Balaban J connectivity index is 1.52. The van der Waals surface area contributed by atoms with Crippen molar-refractivity contribution in [3.05, 3.63) is 80.6 Å². The third kappa shape index (κ3) is 5.03. The minimum absolute atomic E-state index is 0.240. The summed E-state index contributed by atoms with van der Waals surface area (Å²) in [5.41, 5.74) is 2.42. The molecule has 0 aliphatic carbocycles. The van der Waals surface area contributed by atoms with Gasteiger partial charge in [-0.1, -0.05) is 60.4 Å². The largest absolute Gasteiger partial charge is 0.450 e. The predicted molar refractivity (Wildman–Crippen MR) is 152 cm³/mol. The molecule has 9 nitrogen and oxygen atoms in total. The molecule has 4 heterocycles. The van der Waals surface area contributed by atoms with Crippen LogP contribution >= 0.6 is 24.0 Å². The van der Waals surface area contributed by atoms with E-state index in [1.165, 1.54) is 16.2 Å². The summed E-state index contributed by atoms with van der Waals surface area (Å²) >= 11 is 6.71. The maximum Gasteiger partial charge on any atom is 0.409 e. The number of carbonyl (C=O) groups excluding carboxylic acids is 2. The van der Waals surface area contributed by atoms with Crippen LogP contribution in [-0.2, 0) is 16.1 Å². The van der Waals surface area contributed by atoms with E-state index in [4.69, 9.17) is 21.9 Å². The lowest BCUT2D eigenvalue weighted by atomic mass is 10.2. The standard InChI is InChI=1S/C27H27N5O4S2/c1-3-36-26(35)30-14-12-29(13-15-30)23-20(24(33)31-11-7-8-18(2)22(31)28-23)16-21-25(34)32(27(37)38-21)17-19-9-5-4-6-10-19/h4-11,16H,3,12-15,17H2,1-2H3/b21-16-. The highest BCUT2D eigenvalue weighted by molar-refractivity contribution is 8.26. The SMILES string of the molecule is CCOC(=O)N1CCN(c2nc3c(C)cccn3c(=O)c2/C=C2\SC(=S)N(Cc3ccccc3)C2=O)CC1. The number of thiocarbonyl (C=S) groups is 1. The molecule has 2 aliphatic heterocycles. The van der Waals surface area contributed by atoms with Crippen LogP contribution in [0.5, 0.6) is 0 Å². The van der Waals surface area contributed by atoms with Crippen LogP contribution < -0.4 is 10.5 Å². The molecule has 38 heavy (non-hydrogen) atoms. The zero-order valence-corrected chi connectivity index (χ0v) is 22.8. The van der Waals surface area contributed by atoms with Crippen molar-refractivity contribution in [1.29, 1.82) is 0 Å². The molecule has 3 aromatic rings. The number of rotatable bonds is 5. The van der Waals surface area contributed by atoms with Crippen molar-refractivity contribution >= 4 is 57.8 Å². The zero-order valence-electron chi connectivity index (χ0n) is 21.1. The molecule has 0 bridgehead atoms. The Labute approximate surface area is 229 Å². The van der Waals surface area contributed by atoms with Gasteiger partial charge >= 0.3 is 6.09 Å². The van der Waals surface area contributed by atoms with E-state index in [-0.39, 0.29) is 17.6 Å². The first kappa shape index (κ1) is 25.9. The topological polar surface area (TPSA) is 87.5 Å². The Hall–Kier alpha value is -3.70. The molecule has 2 saturated heterocycles. The van der Waals surface area contributed by atoms with Crippen LogP contribution in [-0.4, -0.2) is 68.3 Å². The average molecular weight is 550 g/mol. The van der Waals surface area contributed by atoms with Crippen LogP contribution in [0.1, 0.15) is 23.6 Å². The first-order valence-corrected chi connectivity index (χ1v) is 13.6. The normalized spacial score (nSPS) is 17.1. The first-order chi connectivity index (χ1) is 18.4. The molecule has 11 heteroatoms. The number of piperazine rings is 1. The van der Waals surface area contributed by atoms with E-state index in [0.717, 1.165) is 11.1 Å². The quantitative estimate of drug-likeness (QED) is 0.352. The summed E-state index contributed by atoms with van der Waals surface area (Å²) in [5, 5.41) is 0. The maximum absolute atomic E-state index is 13.8. The van der Waals surface area contributed by atoms with Gasteiger partial charge in [0.25, 0.3) is 11.5 Å². The van der Waals surface area contributed by atoms with Gasteiger partial charge in [-0.05, 0) is 37.1 Å². The number of aromatic nitrogens is 2. The number of carbonyl (C=O) groups is 2. The fourth-order valence-electron chi connectivity index (χ4n) is 4.52. The van der Waals surface area contributed by atoms with Gasteiger partial charge in [0.15, 0.2) is 0 Å². The van der Waals surface area contributed by atoms with E-state index in [2.05, 4.69) is 0 Å². The lowest BCUT2D eigenvalue weighted by Gasteiger charge is -2.35. The average Bonchev–Trinajstić information content (AvgIpc) is 3.18. The number of aryl methyl sites for hydroxylation is 1. The highest BCUT2D eigenvalue weighted by Gasteiger charge is 2.33. The number of anilines is 1. The number of hydrogen-bond acceptors (Lipinski definition) is 8. The molecule has 0 atom stereocenters. The molecule has 196 valence electrons. The second kappa shape index (κ2) is 11.0. The van der Waals surface area contributed by atoms with E-state index < -0.39 is 0 Å². The first-order valence-electron chi connectivity index (χ1n) is 12.3. The Kier molecular flexibility index (Phi) is 7.48. The van der Waals surface area contributed by atoms with Crippen molar-refractivity contribution in [3.8, 4) is 0 Å². The Morgan fingerprint density at radius 2 is 1.84 bits per heavy atom. The van der Waals surface area contributed by atoms with Crippen molar-refractivity contribution in [2.45, 2.75) is 20.4 Å². The number of pyridine rings is 1. The number of nitrogens with zero attached hydrogens (tertiary/aromatic N) is 5. The third-order valence-corrected chi connectivity index (χ3v) is 7.88. The number of benzene rings is 1. The van der Waals surface area contributed by atoms with Crippen molar-refractivity contribution in [2.75, 3.05) is 37.7 Å². The second-order valence-electron chi connectivity index (χ2n) is 8.97. The minimum Gasteiger partial charge on any atom is -0.450 e. The number of fused-ring (bicyclic) bond motifs is 1. The van der Waals surface area contributed by atoms with Crippen LogP contribution in [0, 0.1) is 6.92 Å². The monoisotopic (exact) mass is 549 g/mol. The van der Waals surface area contributed by atoms with Gasteiger partial charge in [0.2, 0.25) is 0 Å². The highest BCUT2D eigenvalue weighted by Crippen LogP contribution is 2.34. The molecule has 2 aliphatic rings. The molecule has 2 fully saturated rings. The minimum atomic E-state index is -0.350. The molecule has 2 amide bonds. The summed E-state index contributed by atoms with van der Waals surface area (Å²) in [6, 6.07) is 13.3. The Morgan fingerprint density at radius 3 is 2.55 bits per heavy atom. The van der Waals surface area contributed by atoms with Crippen LogP contribution in [0.2, 0.25) is 0 Å². The zero-order chi connectivity index (χ0) is 26.8. The van der Waals surface area contributed by atoms with Gasteiger partial charge < -0.3 is 14.5 Å². The third-order valence-electron chi connectivity index (χ3n) is 6.50. The Morgan fingerprint density at radius 1 is 1.11 bits per heavy atom. The summed E-state index contributed by atoms with van der Waals surface area (Å²) in [6.45, 7) is 6.18. The summed E-state index contributed by atoms with van der Waals surface area (Å²) in [4.78, 5) is 49.8. The molecular weight excluding hydrogens is 522 g/mol. The van der Waals surface area contributed by atoms with E-state index in [0.29, 0.717) is 65.6 Å². The van der Waals surface area contributed by atoms with Crippen LogP contribution in [0.4, 0.5) is 10.6 Å². The lowest BCUT2D eigenvalue weighted by Crippen LogP contribution is -2.49. The number of hydrogen-bond donors (Lipinski definition) is 0. The molecule has 5 rings (SSSR count). The van der Waals surface area contributed by atoms with Gasteiger partial charge in [-0.25, -0.2) is 9.78 Å². The summed E-state index contributed by atoms with van der Waals surface area (Å²) in [7, 11) is 0. The molecule has 0 unspecified atom stereocenters. The fraction of sp³-hybridized carbons (Fsp3) is 0.296. The predicted octanol–water partition coefficient (Wildman–Crippen LogP) is 3.68. The number of thioether (sulfide) groups is 1. The van der Waals surface area contributed by atoms with Crippen molar-refractivity contribution in [2.24, 2.45) is 0 Å². The van der Waals surface area contributed by atoms with Crippen LogP contribution in [0.25, 0.3) is 11.7 Å². The lowest BCUT2D eigenvalue weighted by molar-refractivity contribution is -0.122. The van der Waals surface area contributed by atoms with Crippen molar-refractivity contribution in [3.63, 3.8) is 0 Å². The van der Waals surface area contributed by atoms with Crippen molar-refractivity contribution < 1.29 is 14.3 Å². The molecule has 0 saturated carbocycles. The van der Waals surface area contributed by atoms with Gasteiger partial charge in [0, 0.05) is 32.4 Å². The molecule has 2 aromatic heterocycles. The molecule has 0 radical (unpaired) electrons. The maximum atomic E-state index is 13.8. The summed E-state index contributed by atoms with van der Waals surface area (Å²) in [5.74, 6) is 0.247. The van der Waals surface area contributed by atoms with Crippen LogP contribution in [0.15, 0.2) is 58.4 Å². The van der Waals surface area contributed by atoms with Crippen molar-refractivity contribution in [1.82, 2.24) is 19.2 Å². The Bertz CT molecular complexity index is 1500. The summed E-state index contributed by atoms with van der Waals surface area (Å²) < 4.78 is 7.08. The second-order valence-corrected chi connectivity index (χ2v) is 10.6. The number of ether oxygens (including phenoxy) is 1. The molecular formula is C27H27N5O4S2.